The molecule has 2 saturated carbocycles. The third-order valence-electron chi connectivity index (χ3n) is 7.71. The molecule has 2 heterocycles. The normalized spacial score (nSPS) is 25.6. The van der Waals surface area contributed by atoms with Gasteiger partial charge in [-0.15, -0.1) is 0 Å². The van der Waals surface area contributed by atoms with Gasteiger partial charge in [-0.3, -0.25) is 4.79 Å². The van der Waals surface area contributed by atoms with Crippen molar-refractivity contribution in [3.05, 3.63) is 58.9 Å². The van der Waals surface area contributed by atoms with Crippen molar-refractivity contribution in [1.82, 2.24) is 0 Å². The average molecular weight is 529 g/mol. The summed E-state index contributed by atoms with van der Waals surface area (Å²) in [5.41, 5.74) is 3.09. The topological polar surface area (TPSA) is 63.2 Å². The van der Waals surface area contributed by atoms with E-state index >= 15 is 0 Å². The lowest BCUT2D eigenvalue weighted by molar-refractivity contribution is -0.122. The van der Waals surface area contributed by atoms with Crippen LogP contribution in [0.15, 0.2) is 36.1 Å². The predicted octanol–water partition coefficient (Wildman–Crippen LogP) is 6.61. The molecular formula is C30H34F2O6. The van der Waals surface area contributed by atoms with Crippen LogP contribution in [0, 0.1) is 11.6 Å². The Labute approximate surface area is 221 Å². The molecule has 4 atom stereocenters. The number of carbonyl (C=O) groups excluding carboxylic acids is 1. The van der Waals surface area contributed by atoms with Gasteiger partial charge >= 0.3 is 0 Å². The van der Waals surface area contributed by atoms with Crippen molar-refractivity contribution in [2.45, 2.75) is 76.4 Å². The number of halogens is 2. The van der Waals surface area contributed by atoms with Crippen LogP contribution < -0.4 is 18.9 Å². The molecule has 38 heavy (non-hydrogen) atoms. The SMILES string of the molecule is CCOc1ccc2c(c1F)OC1CC(=COC)CC[C@@H]21.CCOc1ccc2c(c1F)OC1CC(=O)CC[C@@H]21. The minimum atomic E-state index is -0.434. The van der Waals surface area contributed by atoms with Crippen molar-refractivity contribution >= 4 is 5.78 Å². The van der Waals surface area contributed by atoms with Gasteiger partial charge in [0.05, 0.1) is 26.6 Å². The fourth-order valence-corrected chi connectivity index (χ4v) is 6.00. The van der Waals surface area contributed by atoms with Gasteiger partial charge in [-0.05, 0) is 50.8 Å². The van der Waals surface area contributed by atoms with Crippen molar-refractivity contribution in [2.75, 3.05) is 20.3 Å². The highest BCUT2D eigenvalue weighted by molar-refractivity contribution is 5.80. The number of hydrogen-bond donors (Lipinski definition) is 0. The third kappa shape index (κ3) is 4.93. The number of fused-ring (bicyclic) bond motifs is 6. The molecule has 0 aromatic heterocycles. The number of ketones is 1. The third-order valence-corrected chi connectivity index (χ3v) is 7.71. The van der Waals surface area contributed by atoms with Crippen LogP contribution in [-0.4, -0.2) is 38.3 Å². The summed E-state index contributed by atoms with van der Waals surface area (Å²) in [5, 5.41) is 0. The largest absolute Gasteiger partial charge is 0.504 e. The van der Waals surface area contributed by atoms with E-state index < -0.39 is 5.82 Å². The first-order valence-corrected chi connectivity index (χ1v) is 13.4. The molecule has 0 radical (unpaired) electrons. The van der Waals surface area contributed by atoms with Crippen LogP contribution in [0.1, 0.15) is 75.3 Å². The van der Waals surface area contributed by atoms with Crippen LogP contribution in [0.3, 0.4) is 0 Å². The Bertz CT molecular complexity index is 1230. The van der Waals surface area contributed by atoms with Crippen molar-refractivity contribution in [2.24, 2.45) is 0 Å². The van der Waals surface area contributed by atoms with Crippen LogP contribution in [0.2, 0.25) is 0 Å². The van der Waals surface area contributed by atoms with E-state index in [1.165, 1.54) is 5.57 Å². The zero-order valence-corrected chi connectivity index (χ0v) is 22.1. The Hall–Kier alpha value is -3.29. The summed E-state index contributed by atoms with van der Waals surface area (Å²) in [5.74, 6) is 1.00. The van der Waals surface area contributed by atoms with E-state index in [9.17, 15) is 13.6 Å². The Morgan fingerprint density at radius 2 is 1.37 bits per heavy atom. The van der Waals surface area contributed by atoms with Gasteiger partial charge in [0, 0.05) is 42.2 Å². The number of methoxy groups -OCH3 is 1. The minimum absolute atomic E-state index is 0.0199. The quantitative estimate of drug-likeness (QED) is 0.407. The van der Waals surface area contributed by atoms with E-state index in [0.29, 0.717) is 31.8 Å². The molecule has 2 aliphatic carbocycles. The summed E-state index contributed by atoms with van der Waals surface area (Å²) in [7, 11) is 1.65. The van der Waals surface area contributed by atoms with E-state index in [0.717, 1.165) is 36.8 Å². The molecular weight excluding hydrogens is 494 g/mol. The molecule has 0 N–H and O–H groups in total. The molecule has 4 aliphatic rings. The molecule has 0 saturated heterocycles. The number of ether oxygens (including phenoxy) is 5. The van der Waals surface area contributed by atoms with Crippen LogP contribution in [0.5, 0.6) is 23.0 Å². The maximum atomic E-state index is 14.4. The van der Waals surface area contributed by atoms with Crippen molar-refractivity contribution in [3.63, 3.8) is 0 Å². The van der Waals surface area contributed by atoms with Gasteiger partial charge in [-0.25, -0.2) is 0 Å². The van der Waals surface area contributed by atoms with Crippen molar-refractivity contribution in [3.8, 4) is 23.0 Å². The Kier molecular flexibility index (Phi) is 7.77. The molecule has 2 aromatic rings. The van der Waals surface area contributed by atoms with E-state index in [1.807, 2.05) is 26.0 Å². The van der Waals surface area contributed by atoms with E-state index in [1.54, 1.807) is 25.5 Å². The fraction of sp³-hybridized carbons (Fsp3) is 0.500. The van der Waals surface area contributed by atoms with E-state index in [2.05, 4.69) is 0 Å². The maximum absolute atomic E-state index is 14.4. The summed E-state index contributed by atoms with van der Waals surface area (Å²) in [6.45, 7) is 4.52. The second-order valence-corrected chi connectivity index (χ2v) is 10.0. The highest BCUT2D eigenvalue weighted by Gasteiger charge is 2.41. The van der Waals surface area contributed by atoms with Gasteiger partial charge in [0.15, 0.2) is 23.0 Å². The summed E-state index contributed by atoms with van der Waals surface area (Å²) in [6.07, 6.45) is 6.08. The molecule has 2 unspecified atom stereocenters. The molecule has 2 aromatic carbocycles. The first kappa shape index (κ1) is 26.3. The smallest absolute Gasteiger partial charge is 0.207 e. The highest BCUT2D eigenvalue weighted by Crippen LogP contribution is 2.50. The molecule has 0 bridgehead atoms. The van der Waals surface area contributed by atoms with E-state index in [-0.39, 0.29) is 52.9 Å². The number of Topliss-reactive ketones (excluding diaryl/α,β-unsaturated/α-hetero) is 1. The molecule has 0 amide bonds. The number of benzene rings is 2. The van der Waals surface area contributed by atoms with Crippen LogP contribution >= 0.6 is 0 Å². The second-order valence-electron chi connectivity index (χ2n) is 10.0. The van der Waals surface area contributed by atoms with E-state index in [4.69, 9.17) is 23.7 Å². The zero-order valence-electron chi connectivity index (χ0n) is 22.1. The maximum Gasteiger partial charge on any atom is 0.207 e. The zero-order chi connectivity index (χ0) is 26.8. The molecule has 2 aliphatic heterocycles. The van der Waals surface area contributed by atoms with Gasteiger partial charge in [-0.1, -0.05) is 12.1 Å². The van der Waals surface area contributed by atoms with Crippen LogP contribution in [0.4, 0.5) is 8.78 Å². The predicted molar refractivity (Wildman–Crippen MR) is 137 cm³/mol. The van der Waals surface area contributed by atoms with Gasteiger partial charge in [0.2, 0.25) is 11.6 Å². The van der Waals surface area contributed by atoms with Crippen molar-refractivity contribution in [1.29, 1.82) is 0 Å². The summed E-state index contributed by atoms with van der Waals surface area (Å²) in [4.78, 5) is 11.4. The number of carbonyl (C=O) groups is 1. The molecule has 6 rings (SSSR count). The summed E-state index contributed by atoms with van der Waals surface area (Å²) >= 11 is 0. The first-order valence-electron chi connectivity index (χ1n) is 13.4. The fourth-order valence-electron chi connectivity index (χ4n) is 6.00. The number of hydrogen-bond acceptors (Lipinski definition) is 6. The highest BCUT2D eigenvalue weighted by atomic mass is 19.1. The summed E-state index contributed by atoms with van der Waals surface area (Å²) < 4.78 is 55.6. The average Bonchev–Trinajstić information content (AvgIpc) is 3.46. The van der Waals surface area contributed by atoms with Gasteiger partial charge < -0.3 is 23.7 Å². The molecule has 6 nitrogen and oxygen atoms in total. The molecule has 8 heteroatoms. The van der Waals surface area contributed by atoms with Crippen LogP contribution in [-0.2, 0) is 9.53 Å². The lowest BCUT2D eigenvalue weighted by atomic mass is 9.81. The van der Waals surface area contributed by atoms with Gasteiger partial charge in [0.25, 0.3) is 0 Å². The lowest BCUT2D eigenvalue weighted by Crippen LogP contribution is -2.27. The Morgan fingerprint density at radius 1 is 0.842 bits per heavy atom. The minimum Gasteiger partial charge on any atom is -0.504 e. The van der Waals surface area contributed by atoms with Gasteiger partial charge in [0.1, 0.15) is 18.0 Å². The first-order chi connectivity index (χ1) is 18.4. The Morgan fingerprint density at radius 3 is 1.89 bits per heavy atom. The molecule has 0 spiro atoms. The monoisotopic (exact) mass is 528 g/mol. The van der Waals surface area contributed by atoms with Crippen LogP contribution in [0.25, 0.3) is 0 Å². The number of rotatable bonds is 5. The summed E-state index contributed by atoms with van der Waals surface area (Å²) in [6, 6.07) is 7.17. The lowest BCUT2D eigenvalue weighted by Gasteiger charge is -2.26. The molecule has 204 valence electrons. The molecule has 2 fully saturated rings. The van der Waals surface area contributed by atoms with Crippen molar-refractivity contribution < 1.29 is 37.3 Å². The van der Waals surface area contributed by atoms with Gasteiger partial charge in [-0.2, -0.15) is 8.78 Å². The standard InChI is InChI=1S/C16H19FO3.C14H15FO3/c1-3-19-13-7-6-12-11-5-4-10(9-18-2)8-14(11)20-16(12)15(13)17;1-2-17-11-6-5-10-9-4-3-8(16)7-12(9)18-14(10)13(11)15/h6-7,9,11,14H,3-5,8H2,1-2H3;5-6,9,12H,2-4,7H2,1H3/t11-,14?;9-,12?/m00/s1. The second kappa shape index (κ2) is 11.2. The Balaban J connectivity index is 0.000000156.